The maximum atomic E-state index is 12.6. The first-order chi connectivity index (χ1) is 13.2. The van der Waals surface area contributed by atoms with Gasteiger partial charge in [0.25, 0.3) is 5.91 Å². The lowest BCUT2D eigenvalue weighted by Crippen LogP contribution is -2.32. The number of hydrogen-bond donors (Lipinski definition) is 1. The molecule has 0 aromatic heterocycles. The van der Waals surface area contributed by atoms with Crippen LogP contribution >= 0.6 is 23.2 Å². The average molecular weight is 424 g/mol. The minimum absolute atomic E-state index is 0.189. The fourth-order valence-electron chi connectivity index (χ4n) is 2.37. The summed E-state index contributed by atoms with van der Waals surface area (Å²) in [6.07, 6.45) is 0. The van der Waals surface area contributed by atoms with Gasteiger partial charge >= 0.3 is 0 Å². The number of hydrogen-bond acceptors (Lipinski definition) is 6. The van der Waals surface area contributed by atoms with Crippen molar-refractivity contribution < 1.29 is 19.1 Å². The Hall–Kier alpha value is -2.64. The molecule has 0 radical (unpaired) electrons. The number of carbonyl (C=O) groups is 2. The average Bonchev–Trinajstić information content (AvgIpc) is 2.62. The van der Waals surface area contributed by atoms with Crippen molar-refractivity contribution in [2.24, 2.45) is 10.2 Å². The molecule has 9 heteroatoms. The largest absolute Gasteiger partial charge is 0.497 e. The molecule has 0 aliphatic carbocycles. The van der Waals surface area contributed by atoms with E-state index in [1.165, 1.54) is 27.2 Å². The number of ether oxygens (including phenoxy) is 2. The summed E-state index contributed by atoms with van der Waals surface area (Å²) in [6.45, 7) is 3.09. The van der Waals surface area contributed by atoms with Crippen molar-refractivity contribution in [3.63, 3.8) is 0 Å². The van der Waals surface area contributed by atoms with Crippen LogP contribution in [0, 0.1) is 6.92 Å². The van der Waals surface area contributed by atoms with E-state index in [2.05, 4.69) is 15.5 Å². The van der Waals surface area contributed by atoms with Crippen molar-refractivity contribution in [1.29, 1.82) is 0 Å². The Labute approximate surface area is 172 Å². The summed E-state index contributed by atoms with van der Waals surface area (Å²) in [6, 6.07) is 6.78. The van der Waals surface area contributed by atoms with Crippen LogP contribution in [0.1, 0.15) is 12.5 Å². The third-order valence-electron chi connectivity index (χ3n) is 3.68. The molecule has 0 saturated heterocycles. The number of azo groups is 1. The molecule has 0 aliphatic heterocycles. The third kappa shape index (κ3) is 5.43. The molecule has 0 aliphatic rings. The number of nitrogens with one attached hydrogen (secondary N) is 1. The van der Waals surface area contributed by atoms with Gasteiger partial charge < -0.3 is 14.8 Å². The fourth-order valence-corrected chi connectivity index (χ4v) is 2.90. The van der Waals surface area contributed by atoms with Gasteiger partial charge in [-0.25, -0.2) is 0 Å². The van der Waals surface area contributed by atoms with E-state index in [4.69, 9.17) is 32.7 Å². The SMILES string of the molecule is COc1cc(Cl)c(NC(=O)C(N=Nc2cc(C)cc(Cl)c2)C(C)=O)c(OC)c1. The molecule has 28 heavy (non-hydrogen) atoms. The number of nitrogens with zero attached hydrogens (tertiary/aromatic N) is 2. The predicted octanol–water partition coefficient (Wildman–Crippen LogP) is 5.00. The van der Waals surface area contributed by atoms with Gasteiger partial charge in [-0.2, -0.15) is 10.2 Å². The summed E-state index contributed by atoms with van der Waals surface area (Å²) >= 11 is 12.2. The number of halogens is 2. The van der Waals surface area contributed by atoms with Gasteiger partial charge in [-0.05, 0) is 37.6 Å². The molecule has 0 fully saturated rings. The van der Waals surface area contributed by atoms with Crippen LogP contribution in [0.15, 0.2) is 40.6 Å². The standard InChI is InChI=1S/C19H19Cl2N3O4/c1-10-5-12(20)7-13(6-10)23-24-17(11(2)25)19(26)22-18-15(21)8-14(27-3)9-16(18)28-4/h5-9,17H,1-4H3,(H,22,26). The lowest BCUT2D eigenvalue weighted by atomic mass is 10.2. The summed E-state index contributed by atoms with van der Waals surface area (Å²) in [5.74, 6) is -0.439. The van der Waals surface area contributed by atoms with E-state index in [-0.39, 0.29) is 16.5 Å². The number of methoxy groups -OCH3 is 2. The molecule has 1 atom stereocenters. The molecule has 1 amide bonds. The van der Waals surface area contributed by atoms with Crippen molar-refractivity contribution >= 4 is 46.3 Å². The van der Waals surface area contributed by atoms with Gasteiger partial charge in [0.2, 0.25) is 6.04 Å². The molecular weight excluding hydrogens is 405 g/mol. The van der Waals surface area contributed by atoms with Crippen LogP contribution in [0.3, 0.4) is 0 Å². The minimum Gasteiger partial charge on any atom is -0.497 e. The Bertz CT molecular complexity index is 911. The molecule has 148 valence electrons. The number of ketones is 1. The van der Waals surface area contributed by atoms with E-state index < -0.39 is 17.7 Å². The minimum atomic E-state index is -1.36. The highest BCUT2D eigenvalue weighted by atomic mass is 35.5. The number of aryl methyl sites for hydroxylation is 1. The van der Waals surface area contributed by atoms with Gasteiger partial charge in [0.15, 0.2) is 5.78 Å². The molecule has 2 rings (SSSR count). The summed E-state index contributed by atoms with van der Waals surface area (Å²) < 4.78 is 10.3. The quantitative estimate of drug-likeness (QED) is 0.501. The molecule has 1 N–H and O–H groups in total. The fraction of sp³-hybridized carbons (Fsp3) is 0.263. The van der Waals surface area contributed by atoms with Crippen molar-refractivity contribution in [3.05, 3.63) is 45.9 Å². The second-order valence-electron chi connectivity index (χ2n) is 5.89. The number of rotatable bonds is 7. The summed E-state index contributed by atoms with van der Waals surface area (Å²) in [4.78, 5) is 24.6. The smallest absolute Gasteiger partial charge is 0.258 e. The zero-order valence-corrected chi connectivity index (χ0v) is 17.3. The predicted molar refractivity (Wildman–Crippen MR) is 108 cm³/mol. The lowest BCUT2D eigenvalue weighted by molar-refractivity contribution is -0.126. The van der Waals surface area contributed by atoms with Crippen LogP contribution < -0.4 is 14.8 Å². The highest BCUT2D eigenvalue weighted by molar-refractivity contribution is 6.34. The van der Waals surface area contributed by atoms with Gasteiger partial charge in [-0.15, -0.1) is 0 Å². The van der Waals surface area contributed by atoms with E-state index >= 15 is 0 Å². The number of Topliss-reactive ketones (excluding diaryl/α,β-unsaturated/α-hetero) is 1. The Morgan fingerprint density at radius 2 is 1.79 bits per heavy atom. The van der Waals surface area contributed by atoms with Crippen molar-refractivity contribution in [2.45, 2.75) is 19.9 Å². The molecule has 0 heterocycles. The third-order valence-corrected chi connectivity index (χ3v) is 4.20. The Morgan fingerprint density at radius 3 is 2.36 bits per heavy atom. The van der Waals surface area contributed by atoms with E-state index in [9.17, 15) is 9.59 Å². The van der Waals surface area contributed by atoms with Crippen LogP contribution in [0.4, 0.5) is 11.4 Å². The number of carbonyl (C=O) groups excluding carboxylic acids is 2. The zero-order chi connectivity index (χ0) is 20.8. The normalized spacial score (nSPS) is 11.9. The molecule has 7 nitrogen and oxygen atoms in total. The summed E-state index contributed by atoms with van der Waals surface area (Å²) in [5.41, 5.74) is 1.51. The van der Waals surface area contributed by atoms with Crippen LogP contribution in [0.25, 0.3) is 0 Å². The van der Waals surface area contributed by atoms with Crippen LogP contribution in [0.5, 0.6) is 11.5 Å². The van der Waals surface area contributed by atoms with Crippen molar-refractivity contribution in [1.82, 2.24) is 0 Å². The summed E-state index contributed by atoms with van der Waals surface area (Å²) in [7, 11) is 2.90. The maximum Gasteiger partial charge on any atom is 0.258 e. The zero-order valence-electron chi connectivity index (χ0n) is 15.7. The Balaban J connectivity index is 2.29. The van der Waals surface area contributed by atoms with Crippen LogP contribution in [0.2, 0.25) is 10.0 Å². The summed E-state index contributed by atoms with van der Waals surface area (Å²) in [5, 5.41) is 11.1. The topological polar surface area (TPSA) is 89.4 Å². The van der Waals surface area contributed by atoms with Crippen LogP contribution in [-0.4, -0.2) is 32.0 Å². The molecule has 1 unspecified atom stereocenters. The first-order valence-corrected chi connectivity index (χ1v) is 8.91. The first-order valence-electron chi connectivity index (χ1n) is 8.16. The number of benzene rings is 2. The second-order valence-corrected chi connectivity index (χ2v) is 6.73. The Kier molecular flexibility index (Phi) is 7.37. The van der Waals surface area contributed by atoms with Gasteiger partial charge in [0.05, 0.1) is 24.9 Å². The molecule has 2 aromatic rings. The molecule has 0 spiro atoms. The lowest BCUT2D eigenvalue weighted by Gasteiger charge is -2.15. The van der Waals surface area contributed by atoms with Gasteiger partial charge in [0, 0.05) is 17.2 Å². The first kappa shape index (κ1) is 21.7. The van der Waals surface area contributed by atoms with Gasteiger partial charge in [-0.1, -0.05) is 23.2 Å². The van der Waals surface area contributed by atoms with E-state index in [0.717, 1.165) is 5.56 Å². The van der Waals surface area contributed by atoms with E-state index in [0.29, 0.717) is 16.5 Å². The number of anilines is 1. The molecule has 2 aromatic carbocycles. The van der Waals surface area contributed by atoms with E-state index in [1.54, 1.807) is 24.3 Å². The maximum absolute atomic E-state index is 12.6. The molecule has 0 bridgehead atoms. The van der Waals surface area contributed by atoms with Crippen molar-refractivity contribution in [2.75, 3.05) is 19.5 Å². The Morgan fingerprint density at radius 1 is 1.07 bits per heavy atom. The number of amides is 1. The monoisotopic (exact) mass is 423 g/mol. The van der Waals surface area contributed by atoms with Gasteiger partial charge in [0.1, 0.15) is 17.2 Å². The second kappa shape index (κ2) is 9.52. The van der Waals surface area contributed by atoms with Crippen molar-refractivity contribution in [3.8, 4) is 11.5 Å². The van der Waals surface area contributed by atoms with Gasteiger partial charge in [-0.3, -0.25) is 9.59 Å². The molecule has 0 saturated carbocycles. The van der Waals surface area contributed by atoms with Crippen LogP contribution in [-0.2, 0) is 9.59 Å². The highest BCUT2D eigenvalue weighted by Gasteiger charge is 2.25. The van der Waals surface area contributed by atoms with E-state index in [1.807, 2.05) is 6.92 Å². The highest BCUT2D eigenvalue weighted by Crippen LogP contribution is 2.37. The molecular formula is C19H19Cl2N3O4.